The molecule has 0 bridgehead atoms. The molecule has 0 saturated heterocycles. The molecule has 0 fully saturated rings. The molecule has 4 heteroatoms. The van der Waals surface area contributed by atoms with E-state index >= 15 is 0 Å². The van der Waals surface area contributed by atoms with Crippen LogP contribution in [0.1, 0.15) is 0 Å². The highest BCUT2D eigenvalue weighted by atomic mass is 79.9. The molecular weight excluding hydrogens is 302 g/mol. The molecule has 1 aromatic carbocycles. The van der Waals surface area contributed by atoms with E-state index in [1.807, 2.05) is 42.5 Å². The lowest BCUT2D eigenvalue weighted by atomic mass is 10.1. The van der Waals surface area contributed by atoms with Crippen LogP contribution in [-0.2, 0) is 0 Å². The minimum atomic E-state index is 0.873. The number of pyridine rings is 1. The number of hydrogen-bond acceptors (Lipinski definition) is 3. The Bertz CT molecular complexity index is 699. The first kappa shape index (κ1) is 12.0. The first-order valence-corrected chi connectivity index (χ1v) is 6.60. The van der Waals surface area contributed by atoms with Crippen molar-refractivity contribution in [1.29, 1.82) is 0 Å². The Morgan fingerprint density at radius 2 is 1.63 bits per heavy atom. The monoisotopic (exact) mass is 311 g/mol. The van der Waals surface area contributed by atoms with Crippen molar-refractivity contribution < 1.29 is 0 Å². The highest BCUT2D eigenvalue weighted by Crippen LogP contribution is 2.24. The van der Waals surface area contributed by atoms with Gasteiger partial charge in [-0.15, -0.1) is 0 Å². The molecule has 2 aromatic heterocycles. The van der Waals surface area contributed by atoms with Gasteiger partial charge in [0.25, 0.3) is 0 Å². The van der Waals surface area contributed by atoms with Crippen LogP contribution in [0.3, 0.4) is 0 Å². The zero-order chi connectivity index (χ0) is 13.1. The molecule has 3 nitrogen and oxygen atoms in total. The second-order valence-electron chi connectivity index (χ2n) is 4.04. The van der Waals surface area contributed by atoms with Crippen molar-refractivity contribution in [1.82, 2.24) is 15.0 Å². The summed E-state index contributed by atoms with van der Waals surface area (Å²) in [5.41, 5.74) is 3.82. The van der Waals surface area contributed by atoms with Crippen molar-refractivity contribution in [3.63, 3.8) is 0 Å². The Hall–Kier alpha value is -2.07. The maximum absolute atomic E-state index is 4.32. The number of rotatable bonds is 2. The summed E-state index contributed by atoms with van der Waals surface area (Å²) in [6.07, 6.45) is 5.13. The van der Waals surface area contributed by atoms with Crippen molar-refractivity contribution in [2.45, 2.75) is 0 Å². The molecule has 0 saturated carbocycles. The second-order valence-corrected chi connectivity index (χ2v) is 4.96. The molecule has 0 spiro atoms. The summed E-state index contributed by atoms with van der Waals surface area (Å²) in [4.78, 5) is 12.7. The zero-order valence-electron chi connectivity index (χ0n) is 9.99. The lowest BCUT2D eigenvalue weighted by Crippen LogP contribution is -1.89. The molecule has 3 aromatic rings. The standard InChI is InChI=1S/C15H10BrN3/c16-13-5-1-3-11(7-13)14-8-15(19-10-18-14)12-4-2-6-17-9-12/h1-10H. The fourth-order valence-corrected chi connectivity index (χ4v) is 2.23. The van der Waals surface area contributed by atoms with E-state index in [9.17, 15) is 0 Å². The third-order valence-electron chi connectivity index (χ3n) is 2.74. The summed E-state index contributed by atoms with van der Waals surface area (Å²) >= 11 is 3.47. The predicted octanol–water partition coefficient (Wildman–Crippen LogP) is 3.97. The quantitative estimate of drug-likeness (QED) is 0.719. The molecule has 0 atom stereocenters. The maximum atomic E-state index is 4.32. The fourth-order valence-electron chi connectivity index (χ4n) is 1.84. The van der Waals surface area contributed by atoms with Gasteiger partial charge in [-0.2, -0.15) is 0 Å². The van der Waals surface area contributed by atoms with Crippen LogP contribution < -0.4 is 0 Å². The molecule has 0 N–H and O–H groups in total. The second kappa shape index (κ2) is 5.28. The van der Waals surface area contributed by atoms with Crippen molar-refractivity contribution in [2.24, 2.45) is 0 Å². The van der Waals surface area contributed by atoms with E-state index < -0.39 is 0 Å². The predicted molar refractivity (Wildman–Crippen MR) is 78.4 cm³/mol. The zero-order valence-corrected chi connectivity index (χ0v) is 11.6. The molecule has 2 heterocycles. The van der Waals surface area contributed by atoms with Gasteiger partial charge >= 0.3 is 0 Å². The summed E-state index contributed by atoms with van der Waals surface area (Å²) in [6, 6.07) is 13.9. The summed E-state index contributed by atoms with van der Waals surface area (Å²) in [5, 5.41) is 0. The molecule has 0 aliphatic carbocycles. The van der Waals surface area contributed by atoms with E-state index in [0.29, 0.717) is 0 Å². The first-order valence-electron chi connectivity index (χ1n) is 5.81. The van der Waals surface area contributed by atoms with E-state index in [4.69, 9.17) is 0 Å². The van der Waals surface area contributed by atoms with Gasteiger partial charge in [-0.25, -0.2) is 9.97 Å². The van der Waals surface area contributed by atoms with Gasteiger partial charge in [0.15, 0.2) is 0 Å². The van der Waals surface area contributed by atoms with Crippen molar-refractivity contribution >= 4 is 15.9 Å². The van der Waals surface area contributed by atoms with Gasteiger partial charge in [0.2, 0.25) is 0 Å². The maximum Gasteiger partial charge on any atom is 0.116 e. The van der Waals surface area contributed by atoms with Crippen LogP contribution in [0, 0.1) is 0 Å². The van der Waals surface area contributed by atoms with Gasteiger partial charge < -0.3 is 0 Å². The highest BCUT2D eigenvalue weighted by molar-refractivity contribution is 9.10. The van der Waals surface area contributed by atoms with E-state index in [2.05, 4.69) is 30.9 Å². The highest BCUT2D eigenvalue weighted by Gasteiger charge is 2.04. The molecular formula is C15H10BrN3. The Balaban J connectivity index is 2.06. The Kier molecular flexibility index (Phi) is 3.33. The molecule has 0 aliphatic rings. The van der Waals surface area contributed by atoms with Crippen LogP contribution >= 0.6 is 15.9 Å². The van der Waals surface area contributed by atoms with Crippen LogP contribution in [0.15, 0.2) is 65.7 Å². The first-order chi connectivity index (χ1) is 9.33. The van der Waals surface area contributed by atoms with Gasteiger partial charge in [-0.3, -0.25) is 4.98 Å². The third-order valence-corrected chi connectivity index (χ3v) is 3.24. The smallest absolute Gasteiger partial charge is 0.116 e. The SMILES string of the molecule is Brc1cccc(-c2cc(-c3cccnc3)ncn2)c1. The number of nitrogens with zero attached hydrogens (tertiary/aromatic N) is 3. The Labute approximate surface area is 119 Å². The van der Waals surface area contributed by atoms with Gasteiger partial charge in [0.05, 0.1) is 11.4 Å². The number of halogens is 1. The van der Waals surface area contributed by atoms with E-state index in [1.54, 1.807) is 18.7 Å². The van der Waals surface area contributed by atoms with Crippen LogP contribution in [0.2, 0.25) is 0 Å². The minimum Gasteiger partial charge on any atom is -0.264 e. The Morgan fingerprint density at radius 1 is 0.842 bits per heavy atom. The molecule has 0 aliphatic heterocycles. The molecule has 92 valence electrons. The van der Waals surface area contributed by atoms with Crippen LogP contribution in [0.25, 0.3) is 22.5 Å². The molecule has 3 rings (SSSR count). The number of benzene rings is 1. The molecule has 0 unspecified atom stereocenters. The number of aromatic nitrogens is 3. The average molecular weight is 312 g/mol. The van der Waals surface area contributed by atoms with Crippen molar-refractivity contribution in [3.05, 3.63) is 65.7 Å². The van der Waals surface area contributed by atoms with Gasteiger partial charge in [-0.1, -0.05) is 28.1 Å². The molecule has 0 radical (unpaired) electrons. The van der Waals surface area contributed by atoms with E-state index in [-0.39, 0.29) is 0 Å². The van der Waals surface area contributed by atoms with Crippen LogP contribution in [-0.4, -0.2) is 15.0 Å². The normalized spacial score (nSPS) is 10.4. The molecule has 0 amide bonds. The third kappa shape index (κ3) is 2.69. The summed E-state index contributed by atoms with van der Waals surface area (Å²) in [5.74, 6) is 0. The topological polar surface area (TPSA) is 38.7 Å². The summed E-state index contributed by atoms with van der Waals surface area (Å²) < 4.78 is 1.03. The largest absolute Gasteiger partial charge is 0.264 e. The van der Waals surface area contributed by atoms with Gasteiger partial charge in [0, 0.05) is 28.0 Å². The Morgan fingerprint density at radius 3 is 2.37 bits per heavy atom. The van der Waals surface area contributed by atoms with Crippen molar-refractivity contribution in [3.8, 4) is 22.5 Å². The van der Waals surface area contributed by atoms with Crippen LogP contribution in [0.5, 0.6) is 0 Å². The van der Waals surface area contributed by atoms with Gasteiger partial charge in [0.1, 0.15) is 6.33 Å². The van der Waals surface area contributed by atoms with Crippen LogP contribution in [0.4, 0.5) is 0 Å². The average Bonchev–Trinajstić information content (AvgIpc) is 2.48. The minimum absolute atomic E-state index is 0.873. The van der Waals surface area contributed by atoms with Gasteiger partial charge in [-0.05, 0) is 30.3 Å². The van der Waals surface area contributed by atoms with E-state index in [0.717, 1.165) is 27.0 Å². The fraction of sp³-hybridized carbons (Fsp3) is 0. The summed E-state index contributed by atoms with van der Waals surface area (Å²) in [6.45, 7) is 0. The lowest BCUT2D eigenvalue weighted by molar-refractivity contribution is 1.17. The van der Waals surface area contributed by atoms with E-state index in [1.165, 1.54) is 0 Å². The van der Waals surface area contributed by atoms with Crippen molar-refractivity contribution in [2.75, 3.05) is 0 Å². The molecule has 19 heavy (non-hydrogen) atoms. The lowest BCUT2D eigenvalue weighted by Gasteiger charge is -2.04. The number of hydrogen-bond donors (Lipinski definition) is 0. The summed E-state index contributed by atoms with van der Waals surface area (Å²) in [7, 11) is 0.